The Morgan fingerprint density at radius 1 is 0.931 bits per heavy atom. The van der Waals surface area contributed by atoms with E-state index in [1.54, 1.807) is 12.3 Å². The Bertz CT molecular complexity index is 948. The molecule has 29 heavy (non-hydrogen) atoms. The van der Waals surface area contributed by atoms with Crippen molar-refractivity contribution in [1.29, 1.82) is 0 Å². The van der Waals surface area contributed by atoms with Gasteiger partial charge in [-0.15, -0.1) is 0 Å². The molecule has 2 aromatic carbocycles. The molecule has 1 aliphatic heterocycles. The van der Waals surface area contributed by atoms with Gasteiger partial charge in [0.2, 0.25) is 0 Å². The van der Waals surface area contributed by atoms with E-state index in [2.05, 4.69) is 63.4 Å². The van der Waals surface area contributed by atoms with Crippen LogP contribution < -0.4 is 15.1 Å². The standard InChI is InChI=1S/C24H26N4O/c1-19-7-9-20(10-8-19)18-26-24(29)21-11-12-25-23(17-21)28-15-13-27(14-16-28)22-5-3-2-4-6-22/h2-12,17H,13-16,18H2,1H3,(H,26,29). The third kappa shape index (κ3) is 4.74. The molecule has 0 bridgehead atoms. The molecule has 5 heteroatoms. The predicted molar refractivity (Wildman–Crippen MR) is 117 cm³/mol. The van der Waals surface area contributed by atoms with Crippen LogP contribution in [0.5, 0.6) is 0 Å². The lowest BCUT2D eigenvalue weighted by Crippen LogP contribution is -2.46. The van der Waals surface area contributed by atoms with Crippen LogP contribution in [-0.2, 0) is 6.54 Å². The summed E-state index contributed by atoms with van der Waals surface area (Å²) in [4.78, 5) is 21.7. The number of para-hydroxylation sites is 1. The maximum Gasteiger partial charge on any atom is 0.251 e. The third-order valence-corrected chi connectivity index (χ3v) is 5.31. The normalized spacial score (nSPS) is 14.0. The summed E-state index contributed by atoms with van der Waals surface area (Å²) < 4.78 is 0. The summed E-state index contributed by atoms with van der Waals surface area (Å²) in [6.07, 6.45) is 1.72. The van der Waals surface area contributed by atoms with Crippen LogP contribution in [0.3, 0.4) is 0 Å². The molecule has 0 saturated carbocycles. The SMILES string of the molecule is Cc1ccc(CNC(=O)c2ccnc(N3CCN(c4ccccc4)CC3)c2)cc1. The van der Waals surface area contributed by atoms with Gasteiger partial charge in [0.1, 0.15) is 5.82 Å². The van der Waals surface area contributed by atoms with Gasteiger partial charge < -0.3 is 15.1 Å². The molecule has 0 aliphatic carbocycles. The summed E-state index contributed by atoms with van der Waals surface area (Å²) in [6.45, 7) is 6.23. The zero-order chi connectivity index (χ0) is 20.1. The molecular weight excluding hydrogens is 360 g/mol. The van der Waals surface area contributed by atoms with Gasteiger partial charge in [-0.05, 0) is 36.8 Å². The Labute approximate surface area is 172 Å². The van der Waals surface area contributed by atoms with Crippen molar-refractivity contribution in [3.8, 4) is 0 Å². The lowest BCUT2D eigenvalue weighted by molar-refractivity contribution is 0.0951. The summed E-state index contributed by atoms with van der Waals surface area (Å²) in [6, 6.07) is 22.3. The zero-order valence-electron chi connectivity index (χ0n) is 16.7. The molecule has 2 heterocycles. The lowest BCUT2D eigenvalue weighted by Gasteiger charge is -2.36. The molecular formula is C24H26N4O. The van der Waals surface area contributed by atoms with Crippen molar-refractivity contribution < 1.29 is 4.79 Å². The average molecular weight is 386 g/mol. The number of hydrogen-bond acceptors (Lipinski definition) is 4. The Kier molecular flexibility index (Phi) is 5.75. The van der Waals surface area contributed by atoms with Gasteiger partial charge in [-0.25, -0.2) is 4.98 Å². The van der Waals surface area contributed by atoms with Crippen LogP contribution in [0.2, 0.25) is 0 Å². The molecule has 148 valence electrons. The summed E-state index contributed by atoms with van der Waals surface area (Å²) >= 11 is 0. The van der Waals surface area contributed by atoms with E-state index in [0.717, 1.165) is 37.6 Å². The Hall–Kier alpha value is -3.34. The van der Waals surface area contributed by atoms with Crippen LogP contribution in [0, 0.1) is 6.92 Å². The first-order chi connectivity index (χ1) is 14.2. The summed E-state index contributed by atoms with van der Waals surface area (Å²) in [5.74, 6) is 0.790. The van der Waals surface area contributed by atoms with E-state index >= 15 is 0 Å². The Morgan fingerprint density at radius 2 is 1.62 bits per heavy atom. The van der Waals surface area contributed by atoms with Crippen LogP contribution in [0.25, 0.3) is 0 Å². The van der Waals surface area contributed by atoms with E-state index in [4.69, 9.17) is 0 Å². The number of benzene rings is 2. The largest absolute Gasteiger partial charge is 0.368 e. The minimum absolute atomic E-state index is 0.0721. The molecule has 1 aliphatic rings. The summed E-state index contributed by atoms with van der Waals surface area (Å²) in [7, 11) is 0. The number of rotatable bonds is 5. The minimum atomic E-state index is -0.0721. The quantitative estimate of drug-likeness (QED) is 0.727. The molecule has 3 aromatic rings. The second kappa shape index (κ2) is 8.78. The van der Waals surface area contributed by atoms with Crippen LogP contribution in [0.15, 0.2) is 72.9 Å². The van der Waals surface area contributed by atoms with Crippen molar-refractivity contribution in [2.24, 2.45) is 0 Å². The highest BCUT2D eigenvalue weighted by Crippen LogP contribution is 2.19. The van der Waals surface area contributed by atoms with Crippen LogP contribution in [0.1, 0.15) is 21.5 Å². The third-order valence-electron chi connectivity index (χ3n) is 5.31. The van der Waals surface area contributed by atoms with Gasteiger partial charge in [-0.2, -0.15) is 0 Å². The average Bonchev–Trinajstić information content (AvgIpc) is 2.79. The van der Waals surface area contributed by atoms with Crippen molar-refractivity contribution in [3.63, 3.8) is 0 Å². The van der Waals surface area contributed by atoms with Crippen LogP contribution >= 0.6 is 0 Å². The maximum absolute atomic E-state index is 12.6. The number of anilines is 2. The van der Waals surface area contributed by atoms with E-state index in [0.29, 0.717) is 12.1 Å². The van der Waals surface area contributed by atoms with Gasteiger partial charge in [0.05, 0.1) is 0 Å². The van der Waals surface area contributed by atoms with Crippen LogP contribution in [0.4, 0.5) is 11.5 Å². The topological polar surface area (TPSA) is 48.5 Å². The molecule has 4 rings (SSSR count). The monoisotopic (exact) mass is 386 g/mol. The molecule has 0 unspecified atom stereocenters. The molecule has 1 amide bonds. The number of piperazine rings is 1. The number of aryl methyl sites for hydroxylation is 1. The number of aromatic nitrogens is 1. The van der Waals surface area contributed by atoms with Crippen molar-refractivity contribution in [1.82, 2.24) is 10.3 Å². The van der Waals surface area contributed by atoms with Gasteiger partial charge in [0.25, 0.3) is 5.91 Å². The molecule has 1 aromatic heterocycles. The van der Waals surface area contributed by atoms with Crippen molar-refractivity contribution in [2.75, 3.05) is 36.0 Å². The highest BCUT2D eigenvalue weighted by atomic mass is 16.1. The molecule has 1 fully saturated rings. The number of amides is 1. The highest BCUT2D eigenvalue weighted by molar-refractivity contribution is 5.94. The van der Waals surface area contributed by atoms with Crippen molar-refractivity contribution in [2.45, 2.75) is 13.5 Å². The number of nitrogens with zero attached hydrogens (tertiary/aromatic N) is 3. The molecule has 0 atom stereocenters. The molecule has 1 N–H and O–H groups in total. The predicted octanol–water partition coefficient (Wildman–Crippen LogP) is 3.65. The zero-order valence-corrected chi connectivity index (χ0v) is 16.7. The van der Waals surface area contributed by atoms with Crippen LogP contribution in [-0.4, -0.2) is 37.1 Å². The number of nitrogens with one attached hydrogen (secondary N) is 1. The van der Waals surface area contributed by atoms with E-state index in [-0.39, 0.29) is 5.91 Å². The Morgan fingerprint density at radius 3 is 2.34 bits per heavy atom. The second-order valence-electron chi connectivity index (χ2n) is 7.38. The van der Waals surface area contributed by atoms with E-state index < -0.39 is 0 Å². The molecule has 1 saturated heterocycles. The van der Waals surface area contributed by atoms with Gasteiger partial charge in [0, 0.05) is 50.2 Å². The fourth-order valence-corrected chi connectivity index (χ4v) is 3.56. The first-order valence-corrected chi connectivity index (χ1v) is 10.0. The van der Waals surface area contributed by atoms with Gasteiger partial charge >= 0.3 is 0 Å². The molecule has 0 radical (unpaired) electrons. The van der Waals surface area contributed by atoms with E-state index in [1.807, 2.05) is 24.3 Å². The number of carbonyl (C=O) groups is 1. The Balaban J connectivity index is 1.36. The van der Waals surface area contributed by atoms with Crippen molar-refractivity contribution in [3.05, 3.63) is 89.6 Å². The number of carbonyl (C=O) groups excluding carboxylic acids is 1. The maximum atomic E-state index is 12.6. The highest BCUT2D eigenvalue weighted by Gasteiger charge is 2.19. The van der Waals surface area contributed by atoms with Crippen molar-refractivity contribution >= 4 is 17.4 Å². The minimum Gasteiger partial charge on any atom is -0.368 e. The molecule has 5 nitrogen and oxygen atoms in total. The first kappa shape index (κ1) is 19.0. The van der Waals surface area contributed by atoms with Gasteiger partial charge in [0.15, 0.2) is 0 Å². The number of hydrogen-bond donors (Lipinski definition) is 1. The fourth-order valence-electron chi connectivity index (χ4n) is 3.56. The number of pyridine rings is 1. The summed E-state index contributed by atoms with van der Waals surface area (Å²) in [5.41, 5.74) is 4.21. The lowest BCUT2D eigenvalue weighted by atomic mass is 10.1. The van der Waals surface area contributed by atoms with E-state index in [1.165, 1.54) is 11.3 Å². The second-order valence-corrected chi connectivity index (χ2v) is 7.38. The van der Waals surface area contributed by atoms with Gasteiger partial charge in [-0.3, -0.25) is 4.79 Å². The molecule has 0 spiro atoms. The van der Waals surface area contributed by atoms with Gasteiger partial charge in [-0.1, -0.05) is 48.0 Å². The summed E-state index contributed by atoms with van der Waals surface area (Å²) in [5, 5.41) is 3.00. The van der Waals surface area contributed by atoms with E-state index in [9.17, 15) is 4.79 Å². The first-order valence-electron chi connectivity index (χ1n) is 10.0. The smallest absolute Gasteiger partial charge is 0.251 e. The fraction of sp³-hybridized carbons (Fsp3) is 0.250.